The first-order chi connectivity index (χ1) is 11.1. The number of hydrogen-bond donors (Lipinski definition) is 1. The van der Waals surface area contributed by atoms with Crippen LogP contribution < -0.4 is 5.32 Å². The fourth-order valence-electron chi connectivity index (χ4n) is 3.07. The number of fused-ring (bicyclic) bond motifs is 1. The molecule has 1 aromatic carbocycles. The largest absolute Gasteiger partial charge is 0.324 e. The minimum Gasteiger partial charge on any atom is -0.324 e. The van der Waals surface area contributed by atoms with Crippen molar-refractivity contribution in [3.63, 3.8) is 0 Å². The van der Waals surface area contributed by atoms with Gasteiger partial charge in [-0.05, 0) is 37.3 Å². The van der Waals surface area contributed by atoms with Gasteiger partial charge in [0, 0.05) is 10.6 Å². The highest BCUT2D eigenvalue weighted by atomic mass is 32.2. The summed E-state index contributed by atoms with van der Waals surface area (Å²) in [5, 5.41) is 2.75. The summed E-state index contributed by atoms with van der Waals surface area (Å²) in [6, 6.07) is 7.45. The Bertz CT molecular complexity index is 660. The maximum atomic E-state index is 12.3. The molecule has 120 valence electrons. The molecule has 0 saturated carbocycles. The van der Waals surface area contributed by atoms with Crippen molar-refractivity contribution in [1.29, 1.82) is 0 Å². The zero-order chi connectivity index (χ0) is 16.4. The van der Waals surface area contributed by atoms with Crippen molar-refractivity contribution in [2.24, 2.45) is 11.8 Å². The van der Waals surface area contributed by atoms with E-state index in [4.69, 9.17) is 0 Å². The van der Waals surface area contributed by atoms with Crippen LogP contribution >= 0.6 is 11.8 Å². The third kappa shape index (κ3) is 3.17. The molecule has 3 rings (SSSR count). The lowest BCUT2D eigenvalue weighted by Crippen LogP contribution is -2.38. The molecule has 0 unspecified atom stereocenters. The molecule has 0 spiro atoms. The summed E-state index contributed by atoms with van der Waals surface area (Å²) in [7, 11) is 0. The molecule has 3 amide bonds. The fraction of sp³-hybridized carbons (Fsp3) is 0.353. The van der Waals surface area contributed by atoms with Gasteiger partial charge in [0.15, 0.2) is 0 Å². The van der Waals surface area contributed by atoms with Crippen LogP contribution in [0.1, 0.15) is 12.8 Å². The number of imide groups is 1. The molecule has 5 nitrogen and oxygen atoms in total. The van der Waals surface area contributed by atoms with E-state index in [0.717, 1.165) is 9.80 Å². The number of rotatable bonds is 4. The molecule has 1 aliphatic heterocycles. The molecule has 0 aromatic heterocycles. The first-order valence-electron chi connectivity index (χ1n) is 7.54. The Morgan fingerprint density at radius 3 is 2.48 bits per heavy atom. The minimum absolute atomic E-state index is 0.214. The Balaban J connectivity index is 1.66. The summed E-state index contributed by atoms with van der Waals surface area (Å²) in [5.41, 5.74) is 0.667. The number of carbonyl (C=O) groups is 3. The minimum atomic E-state index is -0.350. The molecule has 6 heteroatoms. The number of amides is 3. The smallest absolute Gasteiger partial charge is 0.244 e. The van der Waals surface area contributed by atoms with Gasteiger partial charge in [-0.15, -0.1) is 11.8 Å². The molecule has 1 fully saturated rings. The Morgan fingerprint density at radius 2 is 1.87 bits per heavy atom. The van der Waals surface area contributed by atoms with Gasteiger partial charge in [-0.3, -0.25) is 19.3 Å². The lowest BCUT2D eigenvalue weighted by molar-refractivity contribution is -0.142. The van der Waals surface area contributed by atoms with Crippen molar-refractivity contribution in [1.82, 2.24) is 4.90 Å². The highest BCUT2D eigenvalue weighted by Gasteiger charge is 2.47. The Kier molecular flexibility index (Phi) is 4.52. The molecule has 1 N–H and O–H groups in total. The predicted molar refractivity (Wildman–Crippen MR) is 88.9 cm³/mol. The zero-order valence-electron chi connectivity index (χ0n) is 12.8. The van der Waals surface area contributed by atoms with Gasteiger partial charge in [0.25, 0.3) is 0 Å². The number of thioether (sulfide) groups is 1. The monoisotopic (exact) mass is 330 g/mol. The first kappa shape index (κ1) is 15.8. The number of benzene rings is 1. The molecule has 1 aromatic rings. The fourth-order valence-corrected chi connectivity index (χ4v) is 3.53. The average Bonchev–Trinajstić information content (AvgIpc) is 2.80. The number of hydrogen-bond acceptors (Lipinski definition) is 4. The van der Waals surface area contributed by atoms with Crippen LogP contribution in [-0.2, 0) is 14.4 Å². The summed E-state index contributed by atoms with van der Waals surface area (Å²) < 4.78 is 0. The molecule has 2 atom stereocenters. The van der Waals surface area contributed by atoms with E-state index in [2.05, 4.69) is 5.32 Å². The van der Waals surface area contributed by atoms with E-state index in [0.29, 0.717) is 18.5 Å². The summed E-state index contributed by atoms with van der Waals surface area (Å²) in [4.78, 5) is 39.0. The van der Waals surface area contributed by atoms with E-state index in [1.165, 1.54) is 0 Å². The molecule has 1 aliphatic carbocycles. The van der Waals surface area contributed by atoms with Gasteiger partial charge >= 0.3 is 0 Å². The van der Waals surface area contributed by atoms with Crippen LogP contribution in [0.3, 0.4) is 0 Å². The van der Waals surface area contributed by atoms with Crippen molar-refractivity contribution in [2.45, 2.75) is 17.7 Å². The third-order valence-corrected chi connectivity index (χ3v) is 4.98. The summed E-state index contributed by atoms with van der Waals surface area (Å²) in [6.07, 6.45) is 7.00. The first-order valence-corrected chi connectivity index (χ1v) is 8.76. The van der Waals surface area contributed by atoms with Crippen LogP contribution in [-0.4, -0.2) is 35.4 Å². The molecule has 1 heterocycles. The highest BCUT2D eigenvalue weighted by molar-refractivity contribution is 7.98. The lowest BCUT2D eigenvalue weighted by atomic mass is 9.85. The molecular formula is C17H18N2O3S. The van der Waals surface area contributed by atoms with Gasteiger partial charge in [-0.25, -0.2) is 0 Å². The summed E-state index contributed by atoms with van der Waals surface area (Å²) in [5.74, 6) is -1.38. The number of nitrogens with one attached hydrogen (secondary N) is 1. The summed E-state index contributed by atoms with van der Waals surface area (Å²) in [6.45, 7) is -0.214. The molecule has 23 heavy (non-hydrogen) atoms. The van der Waals surface area contributed by atoms with Crippen molar-refractivity contribution in [3.8, 4) is 0 Å². The SMILES string of the molecule is CSc1cccc(NC(=O)CN2C(=O)[C@H]3CC=CC[C@H]3C2=O)c1. The van der Waals surface area contributed by atoms with Crippen molar-refractivity contribution >= 4 is 35.2 Å². The Hall–Kier alpha value is -2.08. The van der Waals surface area contributed by atoms with Crippen LogP contribution in [0.5, 0.6) is 0 Å². The highest BCUT2D eigenvalue weighted by Crippen LogP contribution is 2.34. The number of carbonyl (C=O) groups excluding carboxylic acids is 3. The van der Waals surface area contributed by atoms with E-state index in [1.807, 2.05) is 36.6 Å². The topological polar surface area (TPSA) is 66.5 Å². The van der Waals surface area contributed by atoms with Crippen LogP contribution in [0, 0.1) is 11.8 Å². The van der Waals surface area contributed by atoms with Crippen LogP contribution in [0.2, 0.25) is 0 Å². The second-order valence-corrected chi connectivity index (χ2v) is 6.58. The molecule has 2 aliphatic rings. The van der Waals surface area contributed by atoms with Gasteiger partial charge in [0.1, 0.15) is 6.54 Å². The van der Waals surface area contributed by atoms with Crippen molar-refractivity contribution < 1.29 is 14.4 Å². The van der Waals surface area contributed by atoms with Gasteiger partial charge in [0.2, 0.25) is 17.7 Å². The second kappa shape index (κ2) is 6.58. The zero-order valence-corrected chi connectivity index (χ0v) is 13.6. The predicted octanol–water partition coefficient (Wildman–Crippen LogP) is 2.30. The van der Waals surface area contributed by atoms with Crippen LogP contribution in [0.4, 0.5) is 5.69 Å². The van der Waals surface area contributed by atoms with Gasteiger partial charge in [0.05, 0.1) is 11.8 Å². The number of anilines is 1. The van der Waals surface area contributed by atoms with Gasteiger partial charge < -0.3 is 5.32 Å². The van der Waals surface area contributed by atoms with E-state index in [1.54, 1.807) is 17.8 Å². The summed E-state index contributed by atoms with van der Waals surface area (Å²) >= 11 is 1.58. The lowest BCUT2D eigenvalue weighted by Gasteiger charge is -2.14. The van der Waals surface area contributed by atoms with Gasteiger partial charge in [-0.2, -0.15) is 0 Å². The number of allylic oxidation sites excluding steroid dienone is 2. The number of nitrogens with zero attached hydrogens (tertiary/aromatic N) is 1. The van der Waals surface area contributed by atoms with E-state index >= 15 is 0 Å². The average molecular weight is 330 g/mol. The van der Waals surface area contributed by atoms with E-state index in [-0.39, 0.29) is 36.1 Å². The second-order valence-electron chi connectivity index (χ2n) is 5.70. The molecular weight excluding hydrogens is 312 g/mol. The van der Waals surface area contributed by atoms with Crippen molar-refractivity contribution in [2.75, 3.05) is 18.1 Å². The standard InChI is InChI=1S/C17H18N2O3S/c1-23-12-6-4-5-11(9-12)18-15(20)10-19-16(21)13-7-2-3-8-14(13)17(19)22/h2-6,9,13-14H,7-8,10H2,1H3,(H,18,20)/t13-,14+. The number of likely N-dealkylation sites (tertiary alicyclic amines) is 1. The third-order valence-electron chi connectivity index (χ3n) is 4.25. The maximum Gasteiger partial charge on any atom is 0.244 e. The van der Waals surface area contributed by atoms with E-state index < -0.39 is 0 Å². The Morgan fingerprint density at radius 1 is 1.22 bits per heavy atom. The van der Waals surface area contributed by atoms with Crippen molar-refractivity contribution in [3.05, 3.63) is 36.4 Å². The molecule has 0 bridgehead atoms. The molecule has 1 saturated heterocycles. The normalized spacial score (nSPS) is 23.1. The van der Waals surface area contributed by atoms with Crippen LogP contribution in [0.25, 0.3) is 0 Å². The van der Waals surface area contributed by atoms with Gasteiger partial charge in [-0.1, -0.05) is 18.2 Å². The molecule has 0 radical (unpaired) electrons. The Labute approximate surface area is 139 Å². The van der Waals surface area contributed by atoms with Crippen LogP contribution in [0.15, 0.2) is 41.3 Å². The quantitative estimate of drug-likeness (QED) is 0.523. The van der Waals surface area contributed by atoms with E-state index in [9.17, 15) is 14.4 Å². The maximum absolute atomic E-state index is 12.3.